The summed E-state index contributed by atoms with van der Waals surface area (Å²) in [6, 6.07) is 0.655. The number of hydrogen-bond donors (Lipinski definition) is 2. The van der Waals surface area contributed by atoms with Crippen molar-refractivity contribution in [2.75, 3.05) is 6.54 Å². The van der Waals surface area contributed by atoms with Crippen LogP contribution in [0.1, 0.15) is 53.4 Å². The number of hydrogen-bond acceptors (Lipinski definition) is 2. The number of aliphatic hydroxyl groups is 1. The molecular weight excluding hydrogens is 186 g/mol. The highest BCUT2D eigenvalue weighted by atomic mass is 16.3. The summed E-state index contributed by atoms with van der Waals surface area (Å²) in [5.74, 6) is 0.831. The van der Waals surface area contributed by atoms with E-state index < -0.39 is 0 Å². The van der Waals surface area contributed by atoms with Crippen molar-refractivity contribution in [3.8, 4) is 0 Å². The molecule has 0 aromatic carbocycles. The van der Waals surface area contributed by atoms with Crippen molar-refractivity contribution in [2.24, 2.45) is 11.3 Å². The maximum Gasteiger partial charge on any atom is 0.0524 e. The molecule has 0 aromatic heterocycles. The highest BCUT2D eigenvalue weighted by molar-refractivity contribution is 4.86. The van der Waals surface area contributed by atoms with Gasteiger partial charge in [0.25, 0.3) is 0 Å². The van der Waals surface area contributed by atoms with Crippen LogP contribution in [0.5, 0.6) is 0 Å². The summed E-state index contributed by atoms with van der Waals surface area (Å²) in [6.07, 6.45) is 4.61. The first kappa shape index (κ1) is 13.0. The van der Waals surface area contributed by atoms with E-state index in [1.165, 1.54) is 19.3 Å². The van der Waals surface area contributed by atoms with Crippen molar-refractivity contribution in [3.05, 3.63) is 0 Å². The van der Waals surface area contributed by atoms with E-state index in [0.29, 0.717) is 11.5 Å². The Morgan fingerprint density at radius 2 is 2.07 bits per heavy atom. The van der Waals surface area contributed by atoms with Gasteiger partial charge in [0.15, 0.2) is 0 Å². The summed E-state index contributed by atoms with van der Waals surface area (Å²) in [7, 11) is 0. The Balaban J connectivity index is 2.29. The van der Waals surface area contributed by atoms with Crippen LogP contribution in [0.3, 0.4) is 0 Å². The molecule has 1 aliphatic carbocycles. The van der Waals surface area contributed by atoms with Crippen LogP contribution in [-0.2, 0) is 0 Å². The first-order chi connectivity index (χ1) is 6.89. The van der Waals surface area contributed by atoms with Gasteiger partial charge < -0.3 is 10.4 Å². The zero-order valence-electron chi connectivity index (χ0n) is 10.7. The number of nitrogens with one attached hydrogen (secondary N) is 1. The molecule has 0 bridgehead atoms. The van der Waals surface area contributed by atoms with Crippen LogP contribution in [0, 0.1) is 11.3 Å². The summed E-state index contributed by atoms with van der Waals surface area (Å²) in [5, 5.41) is 12.8. The second-order valence-electron chi connectivity index (χ2n) is 6.20. The molecule has 0 saturated heterocycles. The molecule has 1 saturated carbocycles. The molecule has 15 heavy (non-hydrogen) atoms. The zero-order valence-corrected chi connectivity index (χ0v) is 10.7. The van der Waals surface area contributed by atoms with Crippen LogP contribution in [0.15, 0.2) is 0 Å². The fourth-order valence-corrected chi connectivity index (χ4v) is 3.00. The molecular formula is C13H27NO. The second-order valence-corrected chi connectivity index (χ2v) is 6.20. The van der Waals surface area contributed by atoms with Gasteiger partial charge in [-0.25, -0.2) is 0 Å². The van der Waals surface area contributed by atoms with Gasteiger partial charge in [-0.15, -0.1) is 0 Å². The standard InChI is InChI=1S/C13H27NO/c1-10-7-12(9-13(3,4)8-10)14-6-5-11(2)15/h10-12,14-15H,5-9H2,1-4H3/t10-,11-,12-/m0/s1. The van der Waals surface area contributed by atoms with E-state index in [9.17, 15) is 5.11 Å². The molecule has 0 radical (unpaired) electrons. The molecule has 1 rings (SSSR count). The summed E-state index contributed by atoms with van der Waals surface area (Å²) < 4.78 is 0. The van der Waals surface area contributed by atoms with Crippen molar-refractivity contribution >= 4 is 0 Å². The fourth-order valence-electron chi connectivity index (χ4n) is 3.00. The maximum atomic E-state index is 9.20. The predicted octanol–water partition coefficient (Wildman–Crippen LogP) is 2.56. The minimum absolute atomic E-state index is 0.175. The average molecular weight is 213 g/mol. The monoisotopic (exact) mass is 213 g/mol. The average Bonchev–Trinajstić information content (AvgIpc) is 1.98. The van der Waals surface area contributed by atoms with Gasteiger partial charge in [0, 0.05) is 6.04 Å². The van der Waals surface area contributed by atoms with E-state index in [1.54, 1.807) is 0 Å². The van der Waals surface area contributed by atoms with Crippen molar-refractivity contribution in [1.29, 1.82) is 0 Å². The first-order valence-electron chi connectivity index (χ1n) is 6.30. The normalized spacial score (nSPS) is 32.6. The minimum atomic E-state index is -0.175. The van der Waals surface area contributed by atoms with Gasteiger partial charge in [0.1, 0.15) is 0 Å². The van der Waals surface area contributed by atoms with E-state index in [1.807, 2.05) is 6.92 Å². The van der Waals surface area contributed by atoms with E-state index in [2.05, 4.69) is 26.1 Å². The van der Waals surface area contributed by atoms with Crippen LogP contribution >= 0.6 is 0 Å². The van der Waals surface area contributed by atoms with Crippen molar-refractivity contribution < 1.29 is 5.11 Å². The lowest BCUT2D eigenvalue weighted by atomic mass is 9.70. The topological polar surface area (TPSA) is 32.3 Å². The Morgan fingerprint density at radius 1 is 1.40 bits per heavy atom. The number of aliphatic hydroxyl groups excluding tert-OH is 1. The molecule has 0 aromatic rings. The van der Waals surface area contributed by atoms with Crippen LogP contribution in [0.2, 0.25) is 0 Å². The van der Waals surface area contributed by atoms with Gasteiger partial charge >= 0.3 is 0 Å². The van der Waals surface area contributed by atoms with E-state index in [4.69, 9.17) is 0 Å². The third kappa shape index (κ3) is 4.98. The molecule has 2 nitrogen and oxygen atoms in total. The lowest BCUT2D eigenvalue weighted by Gasteiger charge is -2.39. The molecule has 2 N–H and O–H groups in total. The third-order valence-electron chi connectivity index (χ3n) is 3.38. The van der Waals surface area contributed by atoms with Gasteiger partial charge in [0.05, 0.1) is 6.10 Å². The highest BCUT2D eigenvalue weighted by Crippen LogP contribution is 2.38. The Labute approximate surface area is 94.5 Å². The van der Waals surface area contributed by atoms with Crippen LogP contribution in [0.4, 0.5) is 0 Å². The van der Waals surface area contributed by atoms with Gasteiger partial charge in [0.2, 0.25) is 0 Å². The third-order valence-corrected chi connectivity index (χ3v) is 3.38. The molecule has 0 unspecified atom stereocenters. The Kier molecular flexibility index (Phi) is 4.60. The summed E-state index contributed by atoms with van der Waals surface area (Å²) >= 11 is 0. The van der Waals surface area contributed by atoms with Crippen LogP contribution < -0.4 is 5.32 Å². The SMILES string of the molecule is C[C@H]1C[C@H](NCC[C@H](C)O)CC(C)(C)C1. The lowest BCUT2D eigenvalue weighted by molar-refractivity contribution is 0.143. The molecule has 90 valence electrons. The minimum Gasteiger partial charge on any atom is -0.393 e. The Morgan fingerprint density at radius 3 is 2.60 bits per heavy atom. The fraction of sp³-hybridized carbons (Fsp3) is 1.00. The Hall–Kier alpha value is -0.0800. The quantitative estimate of drug-likeness (QED) is 0.752. The van der Waals surface area contributed by atoms with E-state index >= 15 is 0 Å². The summed E-state index contributed by atoms with van der Waals surface area (Å²) in [5.41, 5.74) is 0.486. The molecule has 0 spiro atoms. The molecule has 1 fully saturated rings. The largest absolute Gasteiger partial charge is 0.393 e. The van der Waals surface area contributed by atoms with Crippen LogP contribution in [-0.4, -0.2) is 23.8 Å². The highest BCUT2D eigenvalue weighted by Gasteiger charge is 2.31. The lowest BCUT2D eigenvalue weighted by Crippen LogP contribution is -2.40. The first-order valence-corrected chi connectivity index (χ1v) is 6.30. The van der Waals surface area contributed by atoms with Crippen LogP contribution in [0.25, 0.3) is 0 Å². The Bertz CT molecular complexity index is 189. The molecule has 1 aliphatic rings. The van der Waals surface area contributed by atoms with Gasteiger partial charge in [-0.05, 0) is 50.5 Å². The number of rotatable bonds is 4. The predicted molar refractivity (Wildman–Crippen MR) is 64.9 cm³/mol. The van der Waals surface area contributed by atoms with Gasteiger partial charge in [-0.3, -0.25) is 0 Å². The van der Waals surface area contributed by atoms with Crippen molar-refractivity contribution in [3.63, 3.8) is 0 Å². The zero-order chi connectivity index (χ0) is 11.5. The van der Waals surface area contributed by atoms with E-state index in [-0.39, 0.29) is 6.10 Å². The van der Waals surface area contributed by atoms with Gasteiger partial charge in [-0.2, -0.15) is 0 Å². The van der Waals surface area contributed by atoms with Crippen molar-refractivity contribution in [1.82, 2.24) is 5.32 Å². The smallest absolute Gasteiger partial charge is 0.0524 e. The maximum absolute atomic E-state index is 9.20. The molecule has 0 amide bonds. The molecule has 0 heterocycles. The van der Waals surface area contributed by atoms with E-state index in [0.717, 1.165) is 18.9 Å². The summed E-state index contributed by atoms with van der Waals surface area (Å²) in [4.78, 5) is 0. The van der Waals surface area contributed by atoms with Crippen molar-refractivity contribution in [2.45, 2.75) is 65.5 Å². The molecule has 0 aliphatic heterocycles. The van der Waals surface area contributed by atoms with Gasteiger partial charge in [-0.1, -0.05) is 20.8 Å². The molecule has 2 heteroatoms. The second kappa shape index (κ2) is 5.31. The molecule has 3 atom stereocenters. The summed E-state index contributed by atoms with van der Waals surface area (Å²) in [6.45, 7) is 9.89.